The van der Waals surface area contributed by atoms with Crippen molar-refractivity contribution < 1.29 is 9.53 Å². The van der Waals surface area contributed by atoms with Crippen molar-refractivity contribution in [1.29, 1.82) is 0 Å². The number of unbranched alkanes of at least 4 members (excludes halogenated alkanes) is 1. The molecule has 1 amide bonds. The van der Waals surface area contributed by atoms with Gasteiger partial charge in [0.25, 0.3) is 0 Å². The molecule has 0 saturated carbocycles. The summed E-state index contributed by atoms with van der Waals surface area (Å²) in [5.74, 6) is 0.972. The number of ether oxygens (including phenoxy) is 1. The van der Waals surface area contributed by atoms with E-state index in [0.29, 0.717) is 19.6 Å². The van der Waals surface area contributed by atoms with E-state index >= 15 is 0 Å². The lowest BCUT2D eigenvalue weighted by Gasteiger charge is -2.29. The molecule has 1 aromatic rings. The minimum atomic E-state index is 0.156. The minimum absolute atomic E-state index is 0.156. The summed E-state index contributed by atoms with van der Waals surface area (Å²) >= 11 is 0. The van der Waals surface area contributed by atoms with Crippen LogP contribution in [0.15, 0.2) is 18.2 Å². The van der Waals surface area contributed by atoms with Crippen LogP contribution < -0.4 is 15.4 Å². The Kier molecular flexibility index (Phi) is 4.80. The Morgan fingerprint density at radius 2 is 2.26 bits per heavy atom. The van der Waals surface area contributed by atoms with Crippen LogP contribution in [0.1, 0.15) is 31.7 Å². The average molecular weight is 262 g/mol. The summed E-state index contributed by atoms with van der Waals surface area (Å²) < 4.78 is 5.62. The Balaban J connectivity index is 2.17. The molecule has 1 aliphatic heterocycles. The number of carbonyl (C=O) groups is 1. The summed E-state index contributed by atoms with van der Waals surface area (Å²) in [5.41, 5.74) is 7.67. The number of hydrogen-bond acceptors (Lipinski definition) is 3. The molecule has 4 nitrogen and oxygen atoms in total. The molecule has 1 heterocycles. The van der Waals surface area contributed by atoms with E-state index in [-0.39, 0.29) is 5.91 Å². The highest BCUT2D eigenvalue weighted by Crippen LogP contribution is 2.33. The number of amides is 1. The van der Waals surface area contributed by atoms with E-state index in [2.05, 4.69) is 12.1 Å². The maximum Gasteiger partial charge on any atom is 0.226 e. The Labute approximate surface area is 114 Å². The van der Waals surface area contributed by atoms with Gasteiger partial charge in [-0.25, -0.2) is 0 Å². The number of anilines is 1. The van der Waals surface area contributed by atoms with Crippen LogP contribution in [0.4, 0.5) is 5.69 Å². The predicted octanol–water partition coefficient (Wildman–Crippen LogP) is 2.10. The highest BCUT2D eigenvalue weighted by Gasteiger charge is 2.22. The van der Waals surface area contributed by atoms with Crippen LogP contribution in [0.5, 0.6) is 5.75 Å². The Morgan fingerprint density at radius 1 is 1.42 bits per heavy atom. The van der Waals surface area contributed by atoms with Crippen molar-refractivity contribution in [3.8, 4) is 5.75 Å². The molecule has 104 valence electrons. The second-order valence-corrected chi connectivity index (χ2v) is 4.80. The molecule has 0 bridgehead atoms. The van der Waals surface area contributed by atoms with Crippen LogP contribution in [0, 0.1) is 0 Å². The number of hydrogen-bond donors (Lipinski definition) is 1. The first-order chi connectivity index (χ1) is 9.26. The highest BCUT2D eigenvalue weighted by atomic mass is 16.5. The fourth-order valence-corrected chi connectivity index (χ4v) is 2.34. The van der Waals surface area contributed by atoms with Gasteiger partial charge in [-0.2, -0.15) is 0 Å². The molecule has 0 radical (unpaired) electrons. The maximum absolute atomic E-state index is 12.0. The number of fused-ring (bicyclic) bond motifs is 1. The van der Waals surface area contributed by atoms with Crippen molar-refractivity contribution in [1.82, 2.24) is 0 Å². The fraction of sp³-hybridized carbons (Fsp3) is 0.533. The lowest BCUT2D eigenvalue weighted by Crippen LogP contribution is -2.37. The first kappa shape index (κ1) is 13.9. The standard InChI is InChI=1S/C15H22N2O2/c1-2-15(18)17-9-10-19-14-7-6-12(11-13(14)17)5-3-4-8-16/h6-7,11H,2-5,8-10,16H2,1H3. The van der Waals surface area contributed by atoms with Gasteiger partial charge in [0.15, 0.2) is 0 Å². The summed E-state index contributed by atoms with van der Waals surface area (Å²) in [6.45, 7) is 3.84. The zero-order valence-corrected chi connectivity index (χ0v) is 11.5. The zero-order chi connectivity index (χ0) is 13.7. The number of nitrogens with zero attached hydrogens (tertiary/aromatic N) is 1. The molecule has 0 aliphatic carbocycles. The molecule has 2 N–H and O–H groups in total. The molecule has 2 rings (SSSR count). The minimum Gasteiger partial charge on any atom is -0.490 e. The number of rotatable bonds is 5. The van der Waals surface area contributed by atoms with Crippen LogP contribution in [0.25, 0.3) is 0 Å². The Bertz CT molecular complexity index is 446. The van der Waals surface area contributed by atoms with Gasteiger partial charge in [0.2, 0.25) is 5.91 Å². The third-order valence-electron chi connectivity index (χ3n) is 3.41. The van der Waals surface area contributed by atoms with Crippen molar-refractivity contribution in [2.75, 3.05) is 24.6 Å². The second kappa shape index (κ2) is 6.57. The molecule has 1 aliphatic rings. The van der Waals surface area contributed by atoms with Gasteiger partial charge in [0.05, 0.1) is 12.2 Å². The molecule has 0 unspecified atom stereocenters. The molecule has 0 atom stereocenters. The van der Waals surface area contributed by atoms with Crippen LogP contribution in [-0.4, -0.2) is 25.6 Å². The first-order valence-electron chi connectivity index (χ1n) is 7.02. The van der Waals surface area contributed by atoms with Crippen molar-refractivity contribution in [2.24, 2.45) is 5.73 Å². The summed E-state index contributed by atoms with van der Waals surface area (Å²) in [6, 6.07) is 6.13. The third kappa shape index (κ3) is 3.26. The SMILES string of the molecule is CCC(=O)N1CCOc2ccc(CCCCN)cc21. The summed E-state index contributed by atoms with van der Waals surface area (Å²) in [4.78, 5) is 13.8. The predicted molar refractivity (Wildman–Crippen MR) is 76.6 cm³/mol. The molecule has 19 heavy (non-hydrogen) atoms. The fourth-order valence-electron chi connectivity index (χ4n) is 2.34. The number of aryl methyl sites for hydroxylation is 1. The molecule has 0 spiro atoms. The topological polar surface area (TPSA) is 55.6 Å². The smallest absolute Gasteiger partial charge is 0.226 e. The number of carbonyl (C=O) groups excluding carboxylic acids is 1. The van der Waals surface area contributed by atoms with Crippen molar-refractivity contribution >= 4 is 11.6 Å². The monoisotopic (exact) mass is 262 g/mol. The van der Waals surface area contributed by atoms with Crippen LogP contribution in [0.3, 0.4) is 0 Å². The molecule has 1 aromatic carbocycles. The van der Waals surface area contributed by atoms with Gasteiger partial charge in [-0.1, -0.05) is 13.0 Å². The largest absolute Gasteiger partial charge is 0.490 e. The van der Waals surface area contributed by atoms with Gasteiger partial charge in [0.1, 0.15) is 12.4 Å². The number of benzene rings is 1. The molecule has 0 aromatic heterocycles. The van der Waals surface area contributed by atoms with E-state index in [9.17, 15) is 4.79 Å². The van der Waals surface area contributed by atoms with Crippen molar-refractivity contribution in [3.05, 3.63) is 23.8 Å². The second-order valence-electron chi connectivity index (χ2n) is 4.80. The Hall–Kier alpha value is -1.55. The van der Waals surface area contributed by atoms with Crippen LogP contribution in [0.2, 0.25) is 0 Å². The van der Waals surface area contributed by atoms with E-state index in [4.69, 9.17) is 10.5 Å². The maximum atomic E-state index is 12.0. The van der Waals surface area contributed by atoms with Gasteiger partial charge < -0.3 is 15.4 Å². The number of nitrogens with two attached hydrogens (primary N) is 1. The molecule has 4 heteroatoms. The van der Waals surface area contributed by atoms with Gasteiger partial charge in [-0.15, -0.1) is 0 Å². The summed E-state index contributed by atoms with van der Waals surface area (Å²) in [5, 5.41) is 0. The van der Waals surface area contributed by atoms with Crippen LogP contribution in [-0.2, 0) is 11.2 Å². The van der Waals surface area contributed by atoms with Gasteiger partial charge >= 0.3 is 0 Å². The van der Waals surface area contributed by atoms with E-state index in [1.165, 1.54) is 5.56 Å². The van der Waals surface area contributed by atoms with E-state index in [1.807, 2.05) is 17.9 Å². The average Bonchev–Trinajstić information content (AvgIpc) is 2.46. The molecular formula is C15H22N2O2. The lowest BCUT2D eigenvalue weighted by molar-refractivity contribution is -0.118. The third-order valence-corrected chi connectivity index (χ3v) is 3.41. The normalized spacial score (nSPS) is 13.9. The first-order valence-corrected chi connectivity index (χ1v) is 7.02. The summed E-state index contributed by atoms with van der Waals surface area (Å²) in [6.07, 6.45) is 3.64. The highest BCUT2D eigenvalue weighted by molar-refractivity contribution is 5.95. The lowest BCUT2D eigenvalue weighted by atomic mass is 10.1. The van der Waals surface area contributed by atoms with Crippen LogP contribution >= 0.6 is 0 Å². The zero-order valence-electron chi connectivity index (χ0n) is 11.5. The van der Waals surface area contributed by atoms with E-state index in [1.54, 1.807) is 0 Å². The molecular weight excluding hydrogens is 240 g/mol. The van der Waals surface area contributed by atoms with E-state index in [0.717, 1.165) is 37.2 Å². The summed E-state index contributed by atoms with van der Waals surface area (Å²) in [7, 11) is 0. The van der Waals surface area contributed by atoms with Gasteiger partial charge in [-0.3, -0.25) is 4.79 Å². The van der Waals surface area contributed by atoms with Crippen molar-refractivity contribution in [3.63, 3.8) is 0 Å². The van der Waals surface area contributed by atoms with Crippen molar-refractivity contribution in [2.45, 2.75) is 32.6 Å². The van der Waals surface area contributed by atoms with Gasteiger partial charge in [0, 0.05) is 6.42 Å². The van der Waals surface area contributed by atoms with Gasteiger partial charge in [-0.05, 0) is 43.5 Å². The molecule has 0 fully saturated rings. The quantitative estimate of drug-likeness (QED) is 0.827. The Morgan fingerprint density at radius 3 is 3.00 bits per heavy atom. The molecule has 0 saturated heterocycles. The van der Waals surface area contributed by atoms with E-state index < -0.39 is 0 Å².